The highest BCUT2D eigenvalue weighted by molar-refractivity contribution is 7.99. The van der Waals surface area contributed by atoms with Crippen molar-refractivity contribution in [2.45, 2.75) is 50.9 Å². The fourth-order valence-corrected chi connectivity index (χ4v) is 5.14. The molecule has 0 aromatic carbocycles. The second-order valence-electron chi connectivity index (χ2n) is 5.92. The molecule has 3 rings (SSSR count). The predicted molar refractivity (Wildman–Crippen MR) is 103 cm³/mol. The number of thiophene rings is 1. The fraction of sp³-hybridized carbons (Fsp3) is 0.529. The minimum atomic E-state index is 0.0411. The average molecular weight is 385 g/mol. The van der Waals surface area contributed by atoms with Gasteiger partial charge >= 0.3 is 0 Å². The molecular weight excluding hydrogens is 364 g/mol. The fourth-order valence-electron chi connectivity index (χ4n) is 3.06. The van der Waals surface area contributed by atoms with Crippen molar-refractivity contribution in [2.75, 3.05) is 12.4 Å². The molecule has 0 aliphatic carbocycles. The molecule has 2 aromatic rings. The third-order valence-corrected chi connectivity index (χ3v) is 6.60. The van der Waals surface area contributed by atoms with Crippen LogP contribution in [0.2, 0.25) is 0 Å². The first-order valence-corrected chi connectivity index (χ1v) is 10.3. The summed E-state index contributed by atoms with van der Waals surface area (Å²) < 4.78 is 7.50. The van der Waals surface area contributed by atoms with Crippen molar-refractivity contribution in [3.05, 3.63) is 32.4 Å². The van der Waals surface area contributed by atoms with Gasteiger partial charge < -0.3 is 4.74 Å². The second-order valence-corrected chi connectivity index (χ2v) is 8.60. The largest absolute Gasteiger partial charge is 0.376 e. The molecule has 0 amide bonds. The van der Waals surface area contributed by atoms with Gasteiger partial charge in [0.05, 0.1) is 18.0 Å². The van der Waals surface area contributed by atoms with Gasteiger partial charge in [-0.15, -0.1) is 11.3 Å². The lowest BCUT2D eigenvalue weighted by Crippen LogP contribution is -2.29. The Bertz CT molecular complexity index is 822. The highest BCUT2D eigenvalue weighted by atomic mass is 35.5. The number of rotatable bonds is 6. The Morgan fingerprint density at radius 1 is 1.58 bits per heavy atom. The molecule has 1 saturated heterocycles. The lowest BCUT2D eigenvalue weighted by Gasteiger charge is -2.15. The van der Waals surface area contributed by atoms with Crippen LogP contribution >= 0.6 is 34.7 Å². The molecule has 0 radical (unpaired) electrons. The zero-order chi connectivity index (χ0) is 17.3. The van der Waals surface area contributed by atoms with E-state index >= 15 is 0 Å². The summed E-state index contributed by atoms with van der Waals surface area (Å²) in [5.74, 6) is 0.538. The van der Waals surface area contributed by atoms with Crippen molar-refractivity contribution in [3.8, 4) is 0 Å². The maximum Gasteiger partial charge on any atom is 0.263 e. The Labute approximate surface area is 154 Å². The van der Waals surface area contributed by atoms with E-state index in [-0.39, 0.29) is 11.7 Å². The average Bonchev–Trinajstić information content (AvgIpc) is 3.15. The van der Waals surface area contributed by atoms with Crippen LogP contribution in [-0.4, -0.2) is 28.0 Å². The SMILES string of the molecule is C=C(Cl)CSc1nc2sc(C)c(CC)c2c(=O)n1CC1CCCO1. The normalized spacial score (nSPS) is 17.7. The molecule has 0 spiro atoms. The minimum absolute atomic E-state index is 0.0411. The van der Waals surface area contributed by atoms with Crippen molar-refractivity contribution in [1.82, 2.24) is 9.55 Å². The van der Waals surface area contributed by atoms with Gasteiger partial charge in [-0.25, -0.2) is 4.98 Å². The van der Waals surface area contributed by atoms with E-state index in [9.17, 15) is 4.79 Å². The zero-order valence-corrected chi connectivity index (χ0v) is 16.3. The quantitative estimate of drug-likeness (QED) is 0.548. The molecular formula is C17H21ClN2O2S2. The van der Waals surface area contributed by atoms with Crippen molar-refractivity contribution < 1.29 is 4.74 Å². The van der Waals surface area contributed by atoms with Crippen LogP contribution in [0.4, 0.5) is 0 Å². The van der Waals surface area contributed by atoms with Gasteiger partial charge in [-0.1, -0.05) is 36.9 Å². The molecule has 7 heteroatoms. The van der Waals surface area contributed by atoms with Gasteiger partial charge in [-0.2, -0.15) is 0 Å². The van der Waals surface area contributed by atoms with Crippen molar-refractivity contribution in [3.63, 3.8) is 0 Å². The summed E-state index contributed by atoms with van der Waals surface area (Å²) >= 11 is 8.96. The van der Waals surface area contributed by atoms with Crippen LogP contribution in [-0.2, 0) is 17.7 Å². The van der Waals surface area contributed by atoms with Crippen molar-refractivity contribution >= 4 is 44.9 Å². The molecule has 1 atom stereocenters. The van der Waals surface area contributed by atoms with Crippen LogP contribution in [0.3, 0.4) is 0 Å². The van der Waals surface area contributed by atoms with Gasteiger partial charge in [0, 0.05) is 22.3 Å². The number of aryl methyl sites for hydroxylation is 2. The molecule has 2 aromatic heterocycles. The van der Waals surface area contributed by atoms with Gasteiger partial charge in [-0.3, -0.25) is 9.36 Å². The van der Waals surface area contributed by atoms with Crippen LogP contribution in [0.5, 0.6) is 0 Å². The van der Waals surface area contributed by atoms with Crippen LogP contribution in [0, 0.1) is 6.92 Å². The Morgan fingerprint density at radius 3 is 3.00 bits per heavy atom. The third kappa shape index (κ3) is 3.57. The first-order chi connectivity index (χ1) is 11.5. The smallest absolute Gasteiger partial charge is 0.263 e. The Morgan fingerprint density at radius 2 is 2.38 bits per heavy atom. The molecule has 3 heterocycles. The number of hydrogen-bond acceptors (Lipinski definition) is 5. The van der Waals surface area contributed by atoms with Gasteiger partial charge in [0.15, 0.2) is 5.16 Å². The third-order valence-electron chi connectivity index (χ3n) is 4.20. The molecule has 130 valence electrons. The van der Waals surface area contributed by atoms with Crippen LogP contribution in [0.1, 0.15) is 30.2 Å². The van der Waals surface area contributed by atoms with Crippen LogP contribution in [0.15, 0.2) is 21.6 Å². The monoisotopic (exact) mass is 384 g/mol. The molecule has 24 heavy (non-hydrogen) atoms. The van der Waals surface area contributed by atoms with Gasteiger partial charge in [0.2, 0.25) is 0 Å². The maximum absolute atomic E-state index is 13.2. The van der Waals surface area contributed by atoms with E-state index in [1.165, 1.54) is 16.6 Å². The molecule has 0 saturated carbocycles. The van der Waals surface area contributed by atoms with E-state index in [1.807, 2.05) is 0 Å². The lowest BCUT2D eigenvalue weighted by molar-refractivity contribution is 0.0937. The summed E-state index contributed by atoms with van der Waals surface area (Å²) in [5, 5.41) is 2.02. The van der Waals surface area contributed by atoms with E-state index < -0.39 is 0 Å². The summed E-state index contributed by atoms with van der Waals surface area (Å²) in [7, 11) is 0. The standard InChI is InChI=1S/C17H21ClN2O2S2/c1-4-13-11(3)24-15-14(13)16(21)20(8-12-6-5-7-22-12)17(19-15)23-9-10(2)18/h12H,2,4-9H2,1,3H3. The van der Waals surface area contributed by atoms with Crippen LogP contribution in [0.25, 0.3) is 10.2 Å². The number of hydrogen-bond donors (Lipinski definition) is 0. The van der Waals surface area contributed by atoms with E-state index in [0.717, 1.165) is 41.6 Å². The lowest BCUT2D eigenvalue weighted by atomic mass is 10.1. The highest BCUT2D eigenvalue weighted by Crippen LogP contribution is 2.30. The number of nitrogens with zero attached hydrogens (tertiary/aromatic N) is 2. The van der Waals surface area contributed by atoms with E-state index in [0.29, 0.717) is 22.5 Å². The summed E-state index contributed by atoms with van der Waals surface area (Å²) in [5.41, 5.74) is 1.16. The second kappa shape index (κ2) is 7.60. The van der Waals surface area contributed by atoms with Crippen molar-refractivity contribution in [2.24, 2.45) is 0 Å². The number of aromatic nitrogens is 2. The number of thioether (sulfide) groups is 1. The molecule has 0 N–H and O–H groups in total. The zero-order valence-electron chi connectivity index (χ0n) is 13.9. The minimum Gasteiger partial charge on any atom is -0.376 e. The molecule has 1 unspecified atom stereocenters. The number of halogens is 1. The van der Waals surface area contributed by atoms with E-state index in [4.69, 9.17) is 21.3 Å². The van der Waals surface area contributed by atoms with Crippen LogP contribution < -0.4 is 5.56 Å². The Kier molecular flexibility index (Phi) is 5.70. The molecule has 4 nitrogen and oxygen atoms in total. The summed E-state index contributed by atoms with van der Waals surface area (Å²) in [6.45, 7) is 9.19. The highest BCUT2D eigenvalue weighted by Gasteiger charge is 2.22. The topological polar surface area (TPSA) is 44.1 Å². The maximum atomic E-state index is 13.2. The molecule has 0 bridgehead atoms. The number of fused-ring (bicyclic) bond motifs is 1. The predicted octanol–water partition coefficient (Wildman–Crippen LogP) is 4.35. The van der Waals surface area contributed by atoms with Gasteiger partial charge in [-0.05, 0) is 31.7 Å². The van der Waals surface area contributed by atoms with E-state index in [1.54, 1.807) is 15.9 Å². The summed E-state index contributed by atoms with van der Waals surface area (Å²) in [6.07, 6.45) is 2.96. The van der Waals surface area contributed by atoms with Crippen molar-refractivity contribution in [1.29, 1.82) is 0 Å². The Balaban J connectivity index is 2.11. The molecule has 1 fully saturated rings. The Hall–Kier alpha value is -0.820. The number of ether oxygens (including phenoxy) is 1. The molecule has 1 aliphatic heterocycles. The summed E-state index contributed by atoms with van der Waals surface area (Å²) in [4.78, 5) is 19.9. The van der Waals surface area contributed by atoms with Gasteiger partial charge in [0.1, 0.15) is 4.83 Å². The van der Waals surface area contributed by atoms with Gasteiger partial charge in [0.25, 0.3) is 5.56 Å². The van der Waals surface area contributed by atoms with E-state index in [2.05, 4.69) is 20.4 Å². The molecule has 1 aliphatic rings. The first kappa shape index (κ1) is 18.0. The first-order valence-electron chi connectivity index (χ1n) is 8.11. The summed E-state index contributed by atoms with van der Waals surface area (Å²) in [6, 6.07) is 0.